The molecule has 3 aromatic rings. The molecule has 1 amide bonds. The lowest BCUT2D eigenvalue weighted by Gasteiger charge is -2.07. The molecule has 1 aromatic carbocycles. The Bertz CT molecular complexity index is 835. The van der Waals surface area contributed by atoms with E-state index < -0.39 is 0 Å². The number of aromatic nitrogens is 2. The summed E-state index contributed by atoms with van der Waals surface area (Å²) >= 11 is 1.58. The number of aryl methyl sites for hydroxylation is 2. The Morgan fingerprint density at radius 2 is 2.23 bits per heavy atom. The van der Waals surface area contributed by atoms with Gasteiger partial charge in [0.25, 0.3) is 5.91 Å². The van der Waals surface area contributed by atoms with Crippen molar-refractivity contribution in [2.75, 3.05) is 7.11 Å². The zero-order valence-electron chi connectivity index (χ0n) is 12.7. The van der Waals surface area contributed by atoms with Crippen molar-refractivity contribution in [3.8, 4) is 5.75 Å². The van der Waals surface area contributed by atoms with Crippen LogP contribution in [0.3, 0.4) is 0 Å². The molecule has 6 heteroatoms. The third kappa shape index (κ3) is 2.69. The fourth-order valence-corrected chi connectivity index (χ4v) is 3.26. The van der Waals surface area contributed by atoms with Gasteiger partial charge in [-0.1, -0.05) is 12.1 Å². The Kier molecular flexibility index (Phi) is 3.85. The summed E-state index contributed by atoms with van der Waals surface area (Å²) in [5.74, 6) is 0.661. The molecule has 0 aliphatic carbocycles. The normalized spacial score (nSPS) is 10.9. The average molecular weight is 315 g/mol. The lowest BCUT2D eigenvalue weighted by atomic mass is 10.2. The Balaban J connectivity index is 1.79. The van der Waals surface area contributed by atoms with Gasteiger partial charge >= 0.3 is 0 Å². The van der Waals surface area contributed by atoms with Gasteiger partial charge in [-0.25, -0.2) is 4.98 Å². The van der Waals surface area contributed by atoms with E-state index >= 15 is 0 Å². The van der Waals surface area contributed by atoms with Crippen molar-refractivity contribution >= 4 is 22.2 Å². The summed E-state index contributed by atoms with van der Waals surface area (Å²) in [6, 6.07) is 7.65. The van der Waals surface area contributed by atoms with E-state index in [2.05, 4.69) is 10.3 Å². The molecule has 0 bridgehead atoms. The minimum absolute atomic E-state index is 0.120. The van der Waals surface area contributed by atoms with Crippen molar-refractivity contribution in [2.45, 2.75) is 20.4 Å². The minimum atomic E-state index is -0.120. The Labute approximate surface area is 132 Å². The molecular weight excluding hydrogens is 298 g/mol. The number of thiazole rings is 1. The fraction of sp³-hybridized carbons (Fsp3) is 0.250. The van der Waals surface area contributed by atoms with E-state index in [4.69, 9.17) is 4.74 Å². The molecule has 0 aliphatic rings. The van der Waals surface area contributed by atoms with Gasteiger partial charge in [0, 0.05) is 17.6 Å². The predicted octanol–water partition coefficient (Wildman–Crippen LogP) is 2.95. The number of carbonyl (C=O) groups excluding carboxylic acids is 1. The first-order valence-corrected chi connectivity index (χ1v) is 7.76. The van der Waals surface area contributed by atoms with E-state index in [9.17, 15) is 4.79 Å². The van der Waals surface area contributed by atoms with Gasteiger partial charge < -0.3 is 10.1 Å². The quantitative estimate of drug-likeness (QED) is 0.805. The molecule has 0 saturated carbocycles. The van der Waals surface area contributed by atoms with Crippen molar-refractivity contribution in [1.29, 1.82) is 0 Å². The fourth-order valence-electron chi connectivity index (χ4n) is 2.39. The van der Waals surface area contributed by atoms with Crippen LogP contribution in [0.2, 0.25) is 0 Å². The van der Waals surface area contributed by atoms with Crippen LogP contribution in [0.5, 0.6) is 5.75 Å². The molecule has 2 heterocycles. The van der Waals surface area contributed by atoms with Gasteiger partial charge in [-0.15, -0.1) is 11.3 Å². The molecule has 0 unspecified atom stereocenters. The monoisotopic (exact) mass is 315 g/mol. The second-order valence-corrected chi connectivity index (χ2v) is 6.29. The van der Waals surface area contributed by atoms with Gasteiger partial charge in [0.2, 0.25) is 0 Å². The van der Waals surface area contributed by atoms with Gasteiger partial charge in [0.1, 0.15) is 11.4 Å². The number of amides is 1. The van der Waals surface area contributed by atoms with E-state index in [1.165, 1.54) is 0 Å². The Morgan fingerprint density at radius 3 is 3.00 bits per heavy atom. The van der Waals surface area contributed by atoms with Crippen LogP contribution in [0.15, 0.2) is 30.5 Å². The summed E-state index contributed by atoms with van der Waals surface area (Å²) in [7, 11) is 1.63. The maximum absolute atomic E-state index is 12.5. The molecule has 114 valence electrons. The summed E-state index contributed by atoms with van der Waals surface area (Å²) in [6.45, 7) is 4.31. The lowest BCUT2D eigenvalue weighted by Crippen LogP contribution is -2.24. The number of nitrogens with zero attached hydrogens (tertiary/aromatic N) is 2. The molecule has 0 radical (unpaired) electrons. The molecule has 0 saturated heterocycles. The first-order valence-electron chi connectivity index (χ1n) is 6.94. The van der Waals surface area contributed by atoms with Crippen LogP contribution in [0, 0.1) is 13.8 Å². The maximum atomic E-state index is 12.5. The second-order valence-electron chi connectivity index (χ2n) is 5.07. The highest BCUT2D eigenvalue weighted by Gasteiger charge is 2.17. The van der Waals surface area contributed by atoms with Crippen molar-refractivity contribution in [1.82, 2.24) is 14.7 Å². The topological polar surface area (TPSA) is 55.6 Å². The molecule has 0 aliphatic heterocycles. The van der Waals surface area contributed by atoms with Crippen LogP contribution >= 0.6 is 11.3 Å². The number of methoxy groups -OCH3 is 1. The highest BCUT2D eigenvalue weighted by Crippen LogP contribution is 2.20. The number of carbonyl (C=O) groups is 1. The predicted molar refractivity (Wildman–Crippen MR) is 86.7 cm³/mol. The molecule has 1 N–H and O–H groups in total. The number of ether oxygens (including phenoxy) is 1. The number of hydrogen-bond donors (Lipinski definition) is 1. The van der Waals surface area contributed by atoms with Crippen LogP contribution in [0.25, 0.3) is 4.96 Å². The van der Waals surface area contributed by atoms with E-state index in [1.807, 2.05) is 48.7 Å². The molecule has 0 atom stereocenters. The van der Waals surface area contributed by atoms with Gasteiger partial charge in [-0.2, -0.15) is 0 Å². The number of benzene rings is 1. The summed E-state index contributed by atoms with van der Waals surface area (Å²) in [5, 5.41) is 2.94. The molecule has 2 aromatic heterocycles. The molecule has 3 rings (SSSR count). The smallest absolute Gasteiger partial charge is 0.270 e. The van der Waals surface area contributed by atoms with Crippen molar-refractivity contribution in [2.24, 2.45) is 0 Å². The number of nitrogens with one attached hydrogen (secondary N) is 1. The van der Waals surface area contributed by atoms with Crippen molar-refractivity contribution in [3.05, 3.63) is 52.3 Å². The third-order valence-electron chi connectivity index (χ3n) is 3.42. The van der Waals surface area contributed by atoms with Crippen LogP contribution in [0.4, 0.5) is 0 Å². The average Bonchev–Trinajstić information content (AvgIpc) is 2.99. The summed E-state index contributed by atoms with van der Waals surface area (Å²) in [4.78, 5) is 18.9. The number of hydrogen-bond acceptors (Lipinski definition) is 4. The molecule has 0 fully saturated rings. The maximum Gasteiger partial charge on any atom is 0.270 e. The lowest BCUT2D eigenvalue weighted by molar-refractivity contribution is 0.0944. The first-order chi connectivity index (χ1) is 10.6. The highest BCUT2D eigenvalue weighted by atomic mass is 32.1. The molecule has 22 heavy (non-hydrogen) atoms. The third-order valence-corrected chi connectivity index (χ3v) is 4.32. The van der Waals surface area contributed by atoms with Crippen molar-refractivity contribution < 1.29 is 9.53 Å². The van der Waals surface area contributed by atoms with E-state index in [1.54, 1.807) is 18.4 Å². The standard InChI is InChI=1S/C16H17N3O2S/c1-10-9-19-14(11(2)18-16(19)22-10)15(20)17-8-12-5-4-6-13(7-12)21-3/h4-7,9H,8H2,1-3H3,(H,17,20). The second kappa shape index (κ2) is 5.81. The molecular formula is C16H17N3O2S. The SMILES string of the molecule is COc1cccc(CNC(=O)c2c(C)nc3sc(C)cn23)c1. The Morgan fingerprint density at radius 1 is 1.41 bits per heavy atom. The van der Waals surface area contributed by atoms with E-state index in [0.29, 0.717) is 12.2 Å². The van der Waals surface area contributed by atoms with E-state index in [-0.39, 0.29) is 5.91 Å². The van der Waals surface area contributed by atoms with Gasteiger partial charge in [-0.05, 0) is 31.5 Å². The van der Waals surface area contributed by atoms with Gasteiger partial charge in [-0.3, -0.25) is 9.20 Å². The largest absolute Gasteiger partial charge is 0.497 e. The minimum Gasteiger partial charge on any atom is -0.497 e. The van der Waals surface area contributed by atoms with Crippen molar-refractivity contribution in [3.63, 3.8) is 0 Å². The highest BCUT2D eigenvalue weighted by molar-refractivity contribution is 7.17. The molecule has 5 nitrogen and oxygen atoms in total. The summed E-state index contributed by atoms with van der Waals surface area (Å²) in [5.41, 5.74) is 2.34. The zero-order valence-corrected chi connectivity index (χ0v) is 13.5. The van der Waals surface area contributed by atoms with Crippen LogP contribution < -0.4 is 10.1 Å². The van der Waals surface area contributed by atoms with Crippen LogP contribution in [-0.2, 0) is 6.54 Å². The van der Waals surface area contributed by atoms with Gasteiger partial charge in [0.05, 0.1) is 12.8 Å². The zero-order chi connectivity index (χ0) is 15.7. The van der Waals surface area contributed by atoms with E-state index in [0.717, 1.165) is 26.8 Å². The number of fused-ring (bicyclic) bond motifs is 1. The number of imidazole rings is 1. The molecule has 0 spiro atoms. The first kappa shape index (κ1) is 14.6. The van der Waals surface area contributed by atoms with Gasteiger partial charge in [0.15, 0.2) is 4.96 Å². The van der Waals surface area contributed by atoms with Crippen LogP contribution in [-0.4, -0.2) is 22.4 Å². The Hall–Kier alpha value is -2.34. The number of rotatable bonds is 4. The van der Waals surface area contributed by atoms with Crippen LogP contribution in [0.1, 0.15) is 26.6 Å². The summed E-state index contributed by atoms with van der Waals surface area (Å²) < 4.78 is 7.05. The summed E-state index contributed by atoms with van der Waals surface area (Å²) in [6.07, 6.45) is 1.94.